The fourth-order valence-electron chi connectivity index (χ4n) is 2.75. The largest absolute Gasteiger partial charge is 0.391 e. The molecule has 5 heteroatoms. The normalized spacial score (nSPS) is 33.3. The summed E-state index contributed by atoms with van der Waals surface area (Å²) in [5.41, 5.74) is 0. The third-order valence-electron chi connectivity index (χ3n) is 3.83. The van der Waals surface area contributed by atoms with Crippen molar-refractivity contribution in [3.05, 3.63) is 0 Å². The molecule has 2 fully saturated rings. The first-order valence-electron chi connectivity index (χ1n) is 6.33. The van der Waals surface area contributed by atoms with E-state index >= 15 is 0 Å². The molecule has 1 aliphatic carbocycles. The van der Waals surface area contributed by atoms with Gasteiger partial charge in [-0.15, -0.1) is 0 Å². The van der Waals surface area contributed by atoms with Crippen molar-refractivity contribution in [3.8, 4) is 0 Å². The average Bonchev–Trinajstić information content (AvgIpc) is 2.75. The lowest BCUT2D eigenvalue weighted by molar-refractivity contribution is -0.138. The molecule has 96 valence electrons. The summed E-state index contributed by atoms with van der Waals surface area (Å²) in [5.74, 6) is -0.122. The van der Waals surface area contributed by atoms with Crippen molar-refractivity contribution in [2.45, 2.75) is 56.7 Å². The minimum absolute atomic E-state index is 0.0547. The highest BCUT2D eigenvalue weighted by molar-refractivity contribution is 5.90. The topological polar surface area (TPSA) is 69.6 Å². The van der Waals surface area contributed by atoms with Crippen LogP contribution < -0.4 is 5.32 Å². The second kappa shape index (κ2) is 5.04. The van der Waals surface area contributed by atoms with Crippen molar-refractivity contribution in [3.63, 3.8) is 0 Å². The van der Waals surface area contributed by atoms with E-state index in [0.29, 0.717) is 12.8 Å². The predicted octanol–water partition coefficient (Wildman–Crippen LogP) is 0.0269. The van der Waals surface area contributed by atoms with Gasteiger partial charge >= 0.3 is 0 Å². The zero-order chi connectivity index (χ0) is 12.4. The molecule has 0 aromatic heterocycles. The molecular formula is C12H20N2O3. The Morgan fingerprint density at radius 3 is 2.65 bits per heavy atom. The fourth-order valence-corrected chi connectivity index (χ4v) is 2.75. The van der Waals surface area contributed by atoms with E-state index in [9.17, 15) is 14.7 Å². The Hall–Kier alpha value is -1.10. The van der Waals surface area contributed by atoms with Crippen LogP contribution in [-0.4, -0.2) is 47.1 Å². The van der Waals surface area contributed by atoms with Crippen molar-refractivity contribution >= 4 is 11.8 Å². The molecule has 2 unspecified atom stereocenters. The van der Waals surface area contributed by atoms with Gasteiger partial charge in [-0.1, -0.05) is 12.8 Å². The first kappa shape index (κ1) is 12.4. The van der Waals surface area contributed by atoms with Gasteiger partial charge in [0.1, 0.15) is 6.04 Å². The highest BCUT2D eigenvalue weighted by Crippen LogP contribution is 2.23. The molecule has 0 aromatic rings. The summed E-state index contributed by atoms with van der Waals surface area (Å²) in [6.45, 7) is 0. The number of amides is 2. The van der Waals surface area contributed by atoms with Crippen LogP contribution in [0.2, 0.25) is 0 Å². The molecule has 2 N–H and O–H groups in total. The highest BCUT2D eigenvalue weighted by atomic mass is 16.3. The van der Waals surface area contributed by atoms with Gasteiger partial charge in [-0.3, -0.25) is 9.59 Å². The number of aliphatic hydroxyl groups is 1. The molecule has 0 spiro atoms. The predicted molar refractivity (Wildman–Crippen MR) is 62.2 cm³/mol. The average molecular weight is 240 g/mol. The Kier molecular flexibility index (Phi) is 3.66. The Balaban J connectivity index is 1.96. The van der Waals surface area contributed by atoms with Crippen LogP contribution in [0.4, 0.5) is 0 Å². The van der Waals surface area contributed by atoms with Crippen LogP contribution in [-0.2, 0) is 9.59 Å². The maximum atomic E-state index is 12.1. The number of likely N-dealkylation sites (N-methyl/N-ethyl adjacent to an activating group) is 1. The van der Waals surface area contributed by atoms with Crippen LogP contribution in [0.25, 0.3) is 0 Å². The van der Waals surface area contributed by atoms with Crippen LogP contribution in [0.3, 0.4) is 0 Å². The van der Waals surface area contributed by atoms with Crippen LogP contribution in [0.15, 0.2) is 0 Å². The molecule has 2 rings (SSSR count). The van der Waals surface area contributed by atoms with Crippen molar-refractivity contribution in [2.24, 2.45) is 0 Å². The Labute approximate surface area is 101 Å². The Bertz CT molecular complexity index is 319. The number of nitrogens with one attached hydrogen (secondary N) is 1. The first-order chi connectivity index (χ1) is 8.09. The molecule has 1 saturated heterocycles. The summed E-state index contributed by atoms with van der Waals surface area (Å²) in [6, 6.07) is -0.477. The lowest BCUT2D eigenvalue weighted by atomic mass is 9.91. The van der Waals surface area contributed by atoms with Gasteiger partial charge in [-0.2, -0.15) is 0 Å². The summed E-state index contributed by atoms with van der Waals surface area (Å²) < 4.78 is 0. The minimum atomic E-state index is -0.421. The van der Waals surface area contributed by atoms with E-state index in [1.165, 1.54) is 0 Å². The number of nitrogens with zero attached hydrogens (tertiary/aromatic N) is 1. The van der Waals surface area contributed by atoms with E-state index in [0.717, 1.165) is 25.7 Å². The van der Waals surface area contributed by atoms with E-state index in [4.69, 9.17) is 0 Å². The molecular weight excluding hydrogens is 220 g/mol. The maximum absolute atomic E-state index is 12.1. The molecule has 2 aliphatic rings. The molecule has 1 heterocycles. The van der Waals surface area contributed by atoms with Crippen molar-refractivity contribution in [1.29, 1.82) is 0 Å². The summed E-state index contributed by atoms with van der Waals surface area (Å²) in [4.78, 5) is 24.9. The maximum Gasteiger partial charge on any atom is 0.245 e. The molecule has 0 radical (unpaired) electrons. The number of carbonyl (C=O) groups excluding carboxylic acids is 2. The molecule has 0 aromatic carbocycles. The quantitative estimate of drug-likeness (QED) is 0.715. The van der Waals surface area contributed by atoms with E-state index < -0.39 is 6.10 Å². The lowest BCUT2D eigenvalue weighted by Gasteiger charge is -2.36. The zero-order valence-electron chi connectivity index (χ0n) is 10.2. The number of aliphatic hydroxyl groups excluding tert-OH is 1. The third-order valence-corrected chi connectivity index (χ3v) is 3.83. The van der Waals surface area contributed by atoms with Gasteiger partial charge < -0.3 is 15.3 Å². The summed E-state index contributed by atoms with van der Waals surface area (Å²) in [7, 11) is 1.73. The molecule has 2 amide bonds. The van der Waals surface area contributed by atoms with Crippen molar-refractivity contribution in [2.75, 3.05) is 7.05 Å². The molecule has 1 aliphatic heterocycles. The van der Waals surface area contributed by atoms with E-state index in [1.54, 1.807) is 11.9 Å². The van der Waals surface area contributed by atoms with Gasteiger partial charge in [0, 0.05) is 13.5 Å². The summed E-state index contributed by atoms with van der Waals surface area (Å²) >= 11 is 0. The van der Waals surface area contributed by atoms with Crippen LogP contribution >= 0.6 is 0 Å². The van der Waals surface area contributed by atoms with Crippen molar-refractivity contribution < 1.29 is 14.7 Å². The first-order valence-corrected chi connectivity index (χ1v) is 6.33. The van der Waals surface area contributed by atoms with E-state index in [2.05, 4.69) is 5.32 Å². The lowest BCUT2D eigenvalue weighted by Crippen LogP contribution is -2.51. The SMILES string of the molecule is CN(C(=O)[C@@H]1CCC(=O)N1)C1CCCCC1O. The second-order valence-corrected chi connectivity index (χ2v) is 5.03. The molecule has 5 nitrogen and oxygen atoms in total. The van der Waals surface area contributed by atoms with Crippen LogP contribution in [0.5, 0.6) is 0 Å². The third kappa shape index (κ3) is 2.60. The fraction of sp³-hybridized carbons (Fsp3) is 0.833. The second-order valence-electron chi connectivity index (χ2n) is 5.03. The number of hydrogen-bond acceptors (Lipinski definition) is 3. The van der Waals surface area contributed by atoms with Gasteiger partial charge in [0.15, 0.2) is 0 Å². The number of hydrogen-bond donors (Lipinski definition) is 2. The molecule has 0 bridgehead atoms. The summed E-state index contributed by atoms with van der Waals surface area (Å²) in [6.07, 6.45) is 4.27. The van der Waals surface area contributed by atoms with Gasteiger partial charge in [-0.25, -0.2) is 0 Å². The van der Waals surface area contributed by atoms with Crippen molar-refractivity contribution in [1.82, 2.24) is 10.2 Å². The standard InChI is InChI=1S/C12H20N2O3/c1-14(9-4-2-3-5-10(9)15)12(17)8-6-7-11(16)13-8/h8-10,15H,2-7H2,1H3,(H,13,16)/t8-,9?,10?/m0/s1. The minimum Gasteiger partial charge on any atom is -0.391 e. The molecule has 3 atom stereocenters. The highest BCUT2D eigenvalue weighted by Gasteiger charge is 2.35. The van der Waals surface area contributed by atoms with Gasteiger partial charge in [-0.05, 0) is 19.3 Å². The van der Waals surface area contributed by atoms with Crippen LogP contribution in [0.1, 0.15) is 38.5 Å². The van der Waals surface area contributed by atoms with Gasteiger partial charge in [0.25, 0.3) is 0 Å². The number of rotatable bonds is 2. The van der Waals surface area contributed by atoms with Gasteiger partial charge in [0.05, 0.1) is 12.1 Å². The zero-order valence-corrected chi connectivity index (χ0v) is 10.2. The van der Waals surface area contributed by atoms with Gasteiger partial charge in [0.2, 0.25) is 11.8 Å². The molecule has 17 heavy (non-hydrogen) atoms. The smallest absolute Gasteiger partial charge is 0.245 e. The number of carbonyl (C=O) groups is 2. The van der Waals surface area contributed by atoms with Crippen LogP contribution in [0, 0.1) is 0 Å². The van der Waals surface area contributed by atoms with E-state index in [1.807, 2.05) is 0 Å². The Morgan fingerprint density at radius 1 is 1.35 bits per heavy atom. The monoisotopic (exact) mass is 240 g/mol. The molecule has 1 saturated carbocycles. The Morgan fingerprint density at radius 2 is 2.06 bits per heavy atom. The van der Waals surface area contributed by atoms with E-state index in [-0.39, 0.29) is 23.9 Å². The summed E-state index contributed by atoms with van der Waals surface area (Å²) in [5, 5.41) is 12.6.